The van der Waals surface area contributed by atoms with E-state index in [-0.39, 0.29) is 5.56 Å². The fourth-order valence-electron chi connectivity index (χ4n) is 3.59. The molecule has 3 heterocycles. The molecule has 11 heteroatoms. The molecule has 34 heavy (non-hydrogen) atoms. The molecule has 1 N–H and O–H groups in total. The number of rotatable bonds is 7. The lowest BCUT2D eigenvalue weighted by Crippen LogP contribution is -2.38. The molecule has 0 atom stereocenters. The number of carbonyl (C=O) groups excluding carboxylic acids is 1. The topological polar surface area (TPSA) is 81.5 Å². The number of amides is 1. The first-order valence-corrected chi connectivity index (χ1v) is 10.7. The second-order valence-corrected chi connectivity index (χ2v) is 7.75. The SMILES string of the molecule is Cn1nccc1-c1cc(NC(=O)c2cccc(C(F)(F)F)c2)cnc1OCCN1CCOCC1. The molecule has 0 unspecified atom stereocenters. The first-order chi connectivity index (χ1) is 16.3. The predicted molar refractivity (Wildman–Crippen MR) is 119 cm³/mol. The van der Waals surface area contributed by atoms with E-state index < -0.39 is 17.6 Å². The van der Waals surface area contributed by atoms with E-state index >= 15 is 0 Å². The molecule has 0 bridgehead atoms. The number of nitrogens with zero attached hydrogens (tertiary/aromatic N) is 4. The van der Waals surface area contributed by atoms with Crippen molar-refractivity contribution in [1.82, 2.24) is 19.7 Å². The monoisotopic (exact) mass is 475 g/mol. The van der Waals surface area contributed by atoms with Crippen LogP contribution in [0, 0.1) is 0 Å². The smallest absolute Gasteiger partial charge is 0.416 e. The number of aryl methyl sites for hydroxylation is 1. The number of ether oxygens (including phenoxy) is 2. The second-order valence-electron chi connectivity index (χ2n) is 7.75. The summed E-state index contributed by atoms with van der Waals surface area (Å²) in [7, 11) is 1.76. The molecule has 4 rings (SSSR count). The van der Waals surface area contributed by atoms with E-state index in [9.17, 15) is 18.0 Å². The molecule has 0 saturated carbocycles. The molecule has 1 amide bonds. The zero-order valence-corrected chi connectivity index (χ0v) is 18.5. The lowest BCUT2D eigenvalue weighted by Gasteiger charge is -2.26. The molecular formula is C23H24F3N5O3. The standard InChI is InChI=1S/C23H24F3N5O3/c1-30-20(5-6-28-30)19-14-18(15-27-22(19)34-12-9-31-7-10-33-11-8-31)29-21(32)16-3-2-4-17(13-16)23(24,25)26/h2-6,13-15H,7-12H2,1H3,(H,29,32). The molecule has 0 radical (unpaired) electrons. The summed E-state index contributed by atoms with van der Waals surface area (Å²) in [5.41, 5.74) is 0.632. The van der Waals surface area contributed by atoms with Crippen molar-refractivity contribution in [3.8, 4) is 17.1 Å². The highest BCUT2D eigenvalue weighted by Crippen LogP contribution is 2.31. The molecule has 1 aliphatic heterocycles. The van der Waals surface area contributed by atoms with E-state index in [1.54, 1.807) is 30.1 Å². The van der Waals surface area contributed by atoms with Gasteiger partial charge in [-0.2, -0.15) is 18.3 Å². The van der Waals surface area contributed by atoms with E-state index in [0.29, 0.717) is 49.2 Å². The third kappa shape index (κ3) is 5.72. The minimum atomic E-state index is -4.54. The van der Waals surface area contributed by atoms with Crippen LogP contribution in [0.2, 0.25) is 0 Å². The zero-order chi connectivity index (χ0) is 24.1. The van der Waals surface area contributed by atoms with Gasteiger partial charge in [0.2, 0.25) is 5.88 Å². The highest BCUT2D eigenvalue weighted by molar-refractivity contribution is 6.04. The number of nitrogens with one attached hydrogen (secondary N) is 1. The largest absolute Gasteiger partial charge is 0.476 e. The maximum atomic E-state index is 13.0. The van der Waals surface area contributed by atoms with Crippen molar-refractivity contribution >= 4 is 11.6 Å². The molecule has 0 spiro atoms. The Labute approximate surface area is 194 Å². The van der Waals surface area contributed by atoms with Crippen molar-refractivity contribution in [1.29, 1.82) is 0 Å². The summed E-state index contributed by atoms with van der Waals surface area (Å²) in [6.07, 6.45) is -1.50. The second kappa shape index (κ2) is 10.2. The molecule has 8 nitrogen and oxygen atoms in total. The Morgan fingerprint density at radius 1 is 1.21 bits per heavy atom. The van der Waals surface area contributed by atoms with Crippen molar-refractivity contribution in [2.24, 2.45) is 7.05 Å². The number of hydrogen-bond donors (Lipinski definition) is 1. The van der Waals surface area contributed by atoms with Crippen LogP contribution in [0.25, 0.3) is 11.3 Å². The van der Waals surface area contributed by atoms with E-state index in [4.69, 9.17) is 9.47 Å². The number of halogens is 3. The Kier molecular flexibility index (Phi) is 7.13. The Hall–Kier alpha value is -3.44. The van der Waals surface area contributed by atoms with Gasteiger partial charge in [-0.15, -0.1) is 0 Å². The molecule has 1 fully saturated rings. The van der Waals surface area contributed by atoms with E-state index in [0.717, 1.165) is 25.2 Å². The molecular weight excluding hydrogens is 451 g/mol. The predicted octanol–water partition coefficient (Wildman–Crippen LogP) is 3.46. The first kappa shape index (κ1) is 23.7. The number of aromatic nitrogens is 3. The molecule has 2 aromatic heterocycles. The van der Waals surface area contributed by atoms with Crippen LogP contribution in [0.5, 0.6) is 5.88 Å². The first-order valence-electron chi connectivity index (χ1n) is 10.7. The minimum absolute atomic E-state index is 0.109. The van der Waals surface area contributed by atoms with Crippen LogP contribution in [0.15, 0.2) is 48.8 Å². The summed E-state index contributed by atoms with van der Waals surface area (Å²) in [4.78, 5) is 19.2. The average molecular weight is 475 g/mol. The zero-order valence-electron chi connectivity index (χ0n) is 18.5. The molecule has 0 aliphatic carbocycles. The summed E-state index contributed by atoms with van der Waals surface area (Å²) in [6.45, 7) is 4.19. The van der Waals surface area contributed by atoms with Crippen molar-refractivity contribution in [2.45, 2.75) is 6.18 Å². The van der Waals surface area contributed by atoms with Gasteiger partial charge in [0.1, 0.15) is 6.61 Å². The van der Waals surface area contributed by atoms with Crippen LogP contribution in [-0.2, 0) is 18.0 Å². The Morgan fingerprint density at radius 2 is 2.00 bits per heavy atom. The van der Waals surface area contributed by atoms with Crippen LogP contribution in [0.3, 0.4) is 0 Å². The van der Waals surface area contributed by atoms with Crippen LogP contribution < -0.4 is 10.1 Å². The maximum Gasteiger partial charge on any atom is 0.416 e. The summed E-state index contributed by atoms with van der Waals surface area (Å²) >= 11 is 0. The lowest BCUT2D eigenvalue weighted by molar-refractivity contribution is -0.137. The van der Waals surface area contributed by atoms with Crippen LogP contribution >= 0.6 is 0 Å². The fraction of sp³-hybridized carbons (Fsp3) is 0.348. The quantitative estimate of drug-likeness (QED) is 0.564. The molecule has 180 valence electrons. The minimum Gasteiger partial charge on any atom is -0.476 e. The Bertz CT molecular complexity index is 1140. The van der Waals surface area contributed by atoms with Crippen LogP contribution in [0.4, 0.5) is 18.9 Å². The van der Waals surface area contributed by atoms with Crippen molar-refractivity contribution in [3.63, 3.8) is 0 Å². The number of hydrogen-bond acceptors (Lipinski definition) is 6. The van der Waals surface area contributed by atoms with Crippen molar-refractivity contribution in [3.05, 3.63) is 59.9 Å². The average Bonchev–Trinajstić information content (AvgIpc) is 3.25. The van der Waals surface area contributed by atoms with Crippen molar-refractivity contribution < 1.29 is 27.4 Å². The van der Waals surface area contributed by atoms with Gasteiger partial charge in [0.15, 0.2) is 0 Å². The number of pyridine rings is 1. The molecule has 1 aliphatic rings. The summed E-state index contributed by atoms with van der Waals surface area (Å²) < 4.78 is 51.9. The summed E-state index contributed by atoms with van der Waals surface area (Å²) in [5, 5.41) is 6.79. The Morgan fingerprint density at radius 3 is 2.71 bits per heavy atom. The fourth-order valence-corrected chi connectivity index (χ4v) is 3.59. The van der Waals surface area contributed by atoms with E-state index in [1.165, 1.54) is 18.3 Å². The number of alkyl halides is 3. The van der Waals surface area contributed by atoms with Gasteiger partial charge in [0.25, 0.3) is 5.91 Å². The lowest BCUT2D eigenvalue weighted by atomic mass is 10.1. The highest BCUT2D eigenvalue weighted by Gasteiger charge is 2.31. The summed E-state index contributed by atoms with van der Waals surface area (Å²) in [5.74, 6) is -0.307. The number of carbonyl (C=O) groups is 1. The Balaban J connectivity index is 1.52. The normalized spacial score (nSPS) is 14.7. The van der Waals surface area contributed by atoms with Gasteiger partial charge in [-0.25, -0.2) is 4.98 Å². The molecule has 3 aromatic rings. The highest BCUT2D eigenvalue weighted by atomic mass is 19.4. The van der Waals surface area contributed by atoms with Gasteiger partial charge < -0.3 is 14.8 Å². The number of benzene rings is 1. The number of anilines is 1. The molecule has 1 saturated heterocycles. The number of morpholine rings is 1. The van der Waals surface area contributed by atoms with Gasteiger partial charge in [-0.05, 0) is 30.3 Å². The van der Waals surface area contributed by atoms with Crippen molar-refractivity contribution in [2.75, 3.05) is 44.8 Å². The van der Waals surface area contributed by atoms with Gasteiger partial charge in [0, 0.05) is 38.4 Å². The van der Waals surface area contributed by atoms with Gasteiger partial charge in [-0.3, -0.25) is 14.4 Å². The van der Waals surface area contributed by atoms with Gasteiger partial charge in [-0.1, -0.05) is 6.07 Å². The third-order valence-corrected chi connectivity index (χ3v) is 5.41. The van der Waals surface area contributed by atoms with Gasteiger partial charge >= 0.3 is 6.18 Å². The maximum absolute atomic E-state index is 13.0. The third-order valence-electron chi connectivity index (χ3n) is 5.41. The van der Waals surface area contributed by atoms with E-state index in [1.807, 2.05) is 0 Å². The van der Waals surface area contributed by atoms with Gasteiger partial charge in [0.05, 0.1) is 41.9 Å². The van der Waals surface area contributed by atoms with Crippen LogP contribution in [0.1, 0.15) is 15.9 Å². The summed E-state index contributed by atoms with van der Waals surface area (Å²) in [6, 6.07) is 7.70. The van der Waals surface area contributed by atoms with E-state index in [2.05, 4.69) is 20.3 Å². The molecule has 1 aromatic carbocycles. The van der Waals surface area contributed by atoms with Crippen LogP contribution in [-0.4, -0.2) is 65.0 Å².